The topological polar surface area (TPSA) is 94.8 Å². The van der Waals surface area contributed by atoms with Gasteiger partial charge >= 0.3 is 11.1 Å². The van der Waals surface area contributed by atoms with Gasteiger partial charge in [0.1, 0.15) is 4.91 Å². The van der Waals surface area contributed by atoms with Crippen LogP contribution in [0.3, 0.4) is 0 Å². The van der Waals surface area contributed by atoms with E-state index in [-0.39, 0.29) is 5.91 Å². The fourth-order valence-corrected chi connectivity index (χ4v) is 2.15. The average Bonchev–Trinajstić information content (AvgIpc) is 2.60. The van der Waals surface area contributed by atoms with Crippen molar-refractivity contribution in [2.24, 2.45) is 0 Å². The summed E-state index contributed by atoms with van der Waals surface area (Å²) in [6.07, 6.45) is 1.81. The van der Waals surface area contributed by atoms with Crippen LogP contribution in [0.15, 0.2) is 33.6 Å². The van der Waals surface area contributed by atoms with Gasteiger partial charge in [0.2, 0.25) is 0 Å². The van der Waals surface area contributed by atoms with Crippen LogP contribution in [0.4, 0.5) is 0 Å². The number of aliphatic carboxylic acids is 1. The lowest BCUT2D eigenvalue weighted by molar-refractivity contribution is -0.302. The summed E-state index contributed by atoms with van der Waals surface area (Å²) in [6, 6.07) is 7.72. The molecule has 1 amide bonds. The summed E-state index contributed by atoms with van der Waals surface area (Å²) in [6.45, 7) is 0.972. The first kappa shape index (κ1) is 15.5. The van der Waals surface area contributed by atoms with Crippen LogP contribution in [0.25, 0.3) is 6.08 Å². The second-order valence-electron chi connectivity index (χ2n) is 3.47. The number of carboxylic acid groups (broad SMARTS) is 1. The van der Waals surface area contributed by atoms with E-state index < -0.39 is 5.97 Å². The first-order chi connectivity index (χ1) is 8.88. The van der Waals surface area contributed by atoms with E-state index in [4.69, 9.17) is 15.3 Å². The molecular weight excluding hydrogens is 332 g/mol. The molecule has 0 atom stereocenters. The number of nitrogens with two attached hydrogens (primary N) is 1. The van der Waals surface area contributed by atoms with Crippen LogP contribution in [-0.2, 0) is 9.59 Å². The lowest BCUT2D eigenvalue weighted by Crippen LogP contribution is -2.44. The summed E-state index contributed by atoms with van der Waals surface area (Å²) >= 11 is 4.61. The van der Waals surface area contributed by atoms with E-state index >= 15 is 0 Å². The zero-order chi connectivity index (χ0) is 14.4. The number of carbonyl (C=O) groups is 2. The quantitative estimate of drug-likeness (QED) is 0.674. The summed E-state index contributed by atoms with van der Waals surface area (Å²) in [4.78, 5) is 20.9. The highest BCUT2D eigenvalue weighted by Gasteiger charge is 2.29. The number of halogens is 1. The minimum absolute atomic E-state index is 0.139. The van der Waals surface area contributed by atoms with Crippen molar-refractivity contribution in [3.8, 4) is 0 Å². The Morgan fingerprint density at radius 1 is 1.42 bits per heavy atom. The van der Waals surface area contributed by atoms with E-state index in [9.17, 15) is 4.79 Å². The van der Waals surface area contributed by atoms with Gasteiger partial charge in [-0.2, -0.15) is 5.32 Å². The molecule has 1 aliphatic heterocycles. The molecule has 1 saturated heterocycles. The highest BCUT2D eigenvalue weighted by Crippen LogP contribution is 2.24. The third-order valence-corrected chi connectivity index (χ3v) is 3.22. The van der Waals surface area contributed by atoms with E-state index in [0.29, 0.717) is 10.1 Å². The number of carboxylic acids is 1. The minimum Gasteiger partial charge on any atom is -0.550 e. The molecule has 1 aliphatic rings. The monoisotopic (exact) mass is 342 g/mol. The predicted molar refractivity (Wildman–Crippen MR) is 75.5 cm³/mol. The van der Waals surface area contributed by atoms with Gasteiger partial charge in [-0.3, -0.25) is 5.41 Å². The van der Waals surface area contributed by atoms with Gasteiger partial charge in [-0.1, -0.05) is 28.1 Å². The van der Waals surface area contributed by atoms with Crippen LogP contribution in [0.1, 0.15) is 12.5 Å². The van der Waals surface area contributed by atoms with Gasteiger partial charge in [0.05, 0.1) is 0 Å². The Balaban J connectivity index is 0.000000399. The number of hydrogen-bond donors (Lipinski definition) is 2. The van der Waals surface area contributed by atoms with Crippen molar-refractivity contribution in [3.05, 3.63) is 39.2 Å². The highest BCUT2D eigenvalue weighted by molar-refractivity contribution is 9.10. The number of amidine groups is 1. The van der Waals surface area contributed by atoms with Crippen molar-refractivity contribution in [2.75, 3.05) is 0 Å². The Bertz CT molecular complexity index is 536. The van der Waals surface area contributed by atoms with Gasteiger partial charge in [0, 0.05) is 22.2 Å². The molecule has 0 unspecified atom stereocenters. The Morgan fingerprint density at radius 3 is 2.37 bits per heavy atom. The molecule has 1 heterocycles. The van der Waals surface area contributed by atoms with Crippen LogP contribution in [-0.4, -0.2) is 17.0 Å². The maximum Gasteiger partial charge on any atom is 0.346 e. The van der Waals surface area contributed by atoms with E-state index in [0.717, 1.165) is 17.0 Å². The van der Waals surface area contributed by atoms with Crippen molar-refractivity contribution in [2.45, 2.75) is 6.92 Å². The van der Waals surface area contributed by atoms with Gasteiger partial charge in [-0.05, 0) is 30.7 Å². The predicted octanol–water partition coefficient (Wildman–Crippen LogP) is -0.476. The molecule has 7 heteroatoms. The molecule has 5 nitrogen and oxygen atoms in total. The average molecular weight is 343 g/mol. The summed E-state index contributed by atoms with van der Waals surface area (Å²) in [7, 11) is 0. The fourth-order valence-electron chi connectivity index (χ4n) is 1.17. The molecule has 0 spiro atoms. The van der Waals surface area contributed by atoms with Crippen molar-refractivity contribution in [3.63, 3.8) is 0 Å². The molecule has 0 bridgehead atoms. The van der Waals surface area contributed by atoms with Crippen LogP contribution < -0.4 is 15.8 Å². The molecule has 19 heavy (non-hydrogen) atoms. The Kier molecular flexibility index (Phi) is 5.78. The second kappa shape index (κ2) is 7.10. The fraction of sp³-hybridized carbons (Fsp3) is 0.0833. The van der Waals surface area contributed by atoms with Crippen molar-refractivity contribution < 1.29 is 20.1 Å². The van der Waals surface area contributed by atoms with Gasteiger partial charge in [-0.25, -0.2) is 4.79 Å². The number of nitrogens with one attached hydrogen (secondary N) is 1. The van der Waals surface area contributed by atoms with Crippen LogP contribution >= 0.6 is 27.7 Å². The normalized spacial score (nSPS) is 15.8. The number of hydrogen-bond acceptors (Lipinski definition) is 4. The third-order valence-electron chi connectivity index (χ3n) is 1.85. The number of thioether (sulfide) groups is 1. The molecular formula is C12H11BrN2O3S. The molecule has 0 radical (unpaired) electrons. The maximum atomic E-state index is 11.3. The van der Waals surface area contributed by atoms with Crippen LogP contribution in [0.5, 0.6) is 0 Å². The van der Waals surface area contributed by atoms with Crippen molar-refractivity contribution >= 4 is 50.8 Å². The minimum atomic E-state index is -1.08. The summed E-state index contributed by atoms with van der Waals surface area (Å²) < 4.78 is 1.01. The molecule has 0 aromatic heterocycles. The summed E-state index contributed by atoms with van der Waals surface area (Å²) in [5.74, 6) is -1.22. The van der Waals surface area contributed by atoms with Crippen molar-refractivity contribution in [1.29, 1.82) is 0 Å². The van der Waals surface area contributed by atoms with Crippen molar-refractivity contribution in [1.82, 2.24) is 5.32 Å². The van der Waals surface area contributed by atoms with E-state index in [1.165, 1.54) is 11.8 Å². The molecule has 100 valence electrons. The molecule has 1 aromatic carbocycles. The summed E-state index contributed by atoms with van der Waals surface area (Å²) in [5.41, 5.74) is 0.977. The Hall–Kier alpha value is -1.60. The zero-order valence-corrected chi connectivity index (χ0v) is 12.4. The lowest BCUT2D eigenvalue weighted by atomic mass is 10.2. The molecule has 1 aromatic rings. The highest BCUT2D eigenvalue weighted by atomic mass is 79.9. The molecule has 3 N–H and O–H groups in total. The van der Waals surface area contributed by atoms with Gasteiger partial charge in [0.25, 0.3) is 0 Å². The SMILES string of the molecule is CC(=O)[O-].[NH2+]=C1NC(=O)C(=Cc2ccc(Br)cc2)S1. The largest absolute Gasteiger partial charge is 0.550 e. The number of carbonyl (C=O) groups excluding carboxylic acids is 2. The molecule has 0 saturated carbocycles. The van der Waals surface area contributed by atoms with Crippen LogP contribution in [0.2, 0.25) is 0 Å². The molecule has 2 rings (SSSR count). The lowest BCUT2D eigenvalue weighted by Gasteiger charge is -1.93. The summed E-state index contributed by atoms with van der Waals surface area (Å²) in [5, 5.41) is 17.4. The maximum absolute atomic E-state index is 11.3. The first-order valence-corrected chi connectivity index (χ1v) is 6.76. The number of benzene rings is 1. The van der Waals surface area contributed by atoms with E-state index in [2.05, 4.69) is 21.2 Å². The Morgan fingerprint density at radius 2 is 1.95 bits per heavy atom. The van der Waals surface area contributed by atoms with E-state index in [1.54, 1.807) is 0 Å². The number of amides is 1. The van der Waals surface area contributed by atoms with Gasteiger partial charge < -0.3 is 9.90 Å². The van der Waals surface area contributed by atoms with Crippen LogP contribution in [0, 0.1) is 0 Å². The zero-order valence-electron chi connectivity index (χ0n) is 9.98. The second-order valence-corrected chi connectivity index (χ2v) is 5.47. The number of rotatable bonds is 1. The molecule has 0 aliphatic carbocycles. The standard InChI is InChI=1S/C10H7BrN2OS.C2H4O2/c11-7-3-1-6(2-4-7)5-8-9(14)13-10(12)15-8;1-2(3)4/h1-5H,(H2,12,13,14);1H3,(H,3,4). The smallest absolute Gasteiger partial charge is 0.346 e. The van der Waals surface area contributed by atoms with E-state index in [1.807, 2.05) is 30.3 Å². The van der Waals surface area contributed by atoms with Gasteiger partial charge in [-0.15, -0.1) is 0 Å². The van der Waals surface area contributed by atoms with Gasteiger partial charge in [0.15, 0.2) is 0 Å². The third kappa shape index (κ3) is 5.71. The molecule has 1 fully saturated rings. The first-order valence-electron chi connectivity index (χ1n) is 5.15. The Labute approximate surface area is 122 Å².